The molecule has 0 aliphatic heterocycles. The smallest absolute Gasteiger partial charge is 0.212 e. The molecule has 0 bridgehead atoms. The lowest BCUT2D eigenvalue weighted by Crippen LogP contribution is -2.27. The molecule has 0 amide bonds. The van der Waals surface area contributed by atoms with Crippen LogP contribution in [0.15, 0.2) is 47.3 Å². The number of nitrogens with zero attached hydrogens (tertiary/aromatic N) is 2. The molecule has 0 saturated carbocycles. The minimum atomic E-state index is 0.108. The molecule has 140 valence electrons. The molecule has 0 N–H and O–H groups in total. The number of ether oxygens (including phenoxy) is 1. The van der Waals surface area contributed by atoms with Crippen LogP contribution < -0.4 is 10.2 Å². The lowest BCUT2D eigenvalue weighted by Gasteiger charge is -2.19. The van der Waals surface area contributed by atoms with Crippen molar-refractivity contribution in [3.05, 3.63) is 52.7 Å². The lowest BCUT2D eigenvalue weighted by molar-refractivity contribution is 0.293. The molecule has 0 spiro atoms. The first-order valence-electron chi connectivity index (χ1n) is 9.42. The van der Waals surface area contributed by atoms with Crippen molar-refractivity contribution in [3.8, 4) is 5.75 Å². The van der Waals surface area contributed by atoms with Gasteiger partial charge in [0.25, 0.3) is 0 Å². The Labute approximate surface area is 162 Å². The maximum atomic E-state index is 13.4. The molecule has 2 aromatic heterocycles. The van der Waals surface area contributed by atoms with Crippen LogP contribution in [-0.4, -0.2) is 36.2 Å². The third-order valence-electron chi connectivity index (χ3n) is 5.32. The molecular weight excluding hydrogens is 356 g/mol. The van der Waals surface area contributed by atoms with Crippen molar-refractivity contribution in [2.45, 2.75) is 20.4 Å². The average Bonchev–Trinajstić information content (AvgIpc) is 3.02. The van der Waals surface area contributed by atoms with E-state index in [4.69, 9.17) is 4.74 Å². The molecule has 0 aliphatic rings. The fourth-order valence-corrected chi connectivity index (χ4v) is 5.00. The topological polar surface area (TPSA) is 34.5 Å². The molecule has 4 aromatic rings. The second-order valence-corrected chi connectivity index (χ2v) is 7.72. The van der Waals surface area contributed by atoms with Crippen LogP contribution >= 0.6 is 11.3 Å². The Kier molecular flexibility index (Phi) is 4.89. The second kappa shape index (κ2) is 7.33. The van der Waals surface area contributed by atoms with E-state index < -0.39 is 0 Å². The normalized spacial score (nSPS) is 11.9. The van der Waals surface area contributed by atoms with E-state index in [-0.39, 0.29) is 5.43 Å². The summed E-state index contributed by atoms with van der Waals surface area (Å²) in [5.74, 6) is 0.780. The first kappa shape index (κ1) is 18.0. The van der Waals surface area contributed by atoms with Crippen LogP contribution in [0, 0.1) is 0 Å². The number of likely N-dealkylation sites (N-methyl/N-ethyl adjacent to an activating group) is 1. The van der Waals surface area contributed by atoms with E-state index in [0.29, 0.717) is 0 Å². The molecule has 5 heteroatoms. The summed E-state index contributed by atoms with van der Waals surface area (Å²) in [6.07, 6.45) is 0. The van der Waals surface area contributed by atoms with E-state index in [9.17, 15) is 4.79 Å². The fraction of sp³-hybridized carbons (Fsp3) is 0.318. The van der Waals surface area contributed by atoms with Crippen molar-refractivity contribution in [2.75, 3.05) is 26.7 Å². The highest BCUT2D eigenvalue weighted by Gasteiger charge is 2.17. The maximum Gasteiger partial charge on any atom is 0.212 e. The van der Waals surface area contributed by atoms with Gasteiger partial charge in [0.1, 0.15) is 11.3 Å². The standard InChI is InChI=1S/C22H24N2O2S/c1-4-23(5-2)12-13-24-18-9-7-6-8-16(18)22-20(24)21(25)17-11-10-15(26-3)14-19(17)27-22/h6-11,14H,4-5,12-13H2,1-3H3. The molecule has 0 fully saturated rings. The molecular formula is C22H24N2O2S. The molecule has 0 aliphatic carbocycles. The van der Waals surface area contributed by atoms with E-state index in [1.807, 2.05) is 30.3 Å². The van der Waals surface area contributed by atoms with Gasteiger partial charge in [0.15, 0.2) is 0 Å². The largest absolute Gasteiger partial charge is 0.497 e. The Morgan fingerprint density at radius 2 is 1.85 bits per heavy atom. The summed E-state index contributed by atoms with van der Waals surface area (Å²) >= 11 is 1.68. The first-order valence-corrected chi connectivity index (χ1v) is 10.2. The van der Waals surface area contributed by atoms with Gasteiger partial charge in [-0.15, -0.1) is 11.3 Å². The van der Waals surface area contributed by atoms with Crippen LogP contribution in [0.2, 0.25) is 0 Å². The van der Waals surface area contributed by atoms with Crippen LogP contribution in [0.3, 0.4) is 0 Å². The Balaban J connectivity index is 2.00. The zero-order chi connectivity index (χ0) is 19.0. The van der Waals surface area contributed by atoms with Gasteiger partial charge in [-0.1, -0.05) is 32.0 Å². The van der Waals surface area contributed by atoms with Crippen LogP contribution in [-0.2, 0) is 6.54 Å². The van der Waals surface area contributed by atoms with Gasteiger partial charge >= 0.3 is 0 Å². The summed E-state index contributed by atoms with van der Waals surface area (Å²) in [4.78, 5) is 15.8. The summed E-state index contributed by atoms with van der Waals surface area (Å²) in [6.45, 7) is 8.14. The molecule has 4 nitrogen and oxygen atoms in total. The van der Waals surface area contributed by atoms with Gasteiger partial charge in [-0.3, -0.25) is 4.79 Å². The van der Waals surface area contributed by atoms with E-state index in [2.05, 4.69) is 35.4 Å². The fourth-order valence-electron chi connectivity index (χ4n) is 3.75. The van der Waals surface area contributed by atoms with E-state index in [1.165, 1.54) is 0 Å². The van der Waals surface area contributed by atoms with Gasteiger partial charge in [0.05, 0.1) is 17.3 Å². The predicted octanol–water partition coefficient (Wildman–Crippen LogP) is 4.72. The average molecular weight is 381 g/mol. The maximum absolute atomic E-state index is 13.4. The van der Waals surface area contributed by atoms with Crippen LogP contribution in [0.25, 0.3) is 31.2 Å². The van der Waals surface area contributed by atoms with Crippen molar-refractivity contribution < 1.29 is 4.74 Å². The van der Waals surface area contributed by atoms with Crippen molar-refractivity contribution in [1.82, 2.24) is 9.47 Å². The summed E-state index contributed by atoms with van der Waals surface area (Å²) < 4.78 is 9.60. The SMILES string of the molecule is CCN(CC)CCn1c2ccccc2c2sc3cc(OC)ccc3c(=O)c21. The zero-order valence-corrected chi connectivity index (χ0v) is 16.8. The molecule has 2 aromatic carbocycles. The number of hydrogen-bond acceptors (Lipinski definition) is 4. The van der Waals surface area contributed by atoms with Gasteiger partial charge in [0, 0.05) is 28.6 Å². The van der Waals surface area contributed by atoms with Crippen LogP contribution in [0.1, 0.15) is 13.8 Å². The van der Waals surface area contributed by atoms with E-state index in [1.54, 1.807) is 18.4 Å². The summed E-state index contributed by atoms with van der Waals surface area (Å²) in [5, 5.41) is 1.92. The van der Waals surface area contributed by atoms with Crippen molar-refractivity contribution in [1.29, 1.82) is 0 Å². The lowest BCUT2D eigenvalue weighted by atomic mass is 10.2. The molecule has 27 heavy (non-hydrogen) atoms. The number of para-hydroxylation sites is 1. The molecule has 0 radical (unpaired) electrons. The minimum Gasteiger partial charge on any atom is -0.497 e. The molecule has 0 saturated heterocycles. The highest BCUT2D eigenvalue weighted by atomic mass is 32.1. The number of benzene rings is 2. The second-order valence-electron chi connectivity index (χ2n) is 6.67. The van der Waals surface area contributed by atoms with Crippen LogP contribution in [0.5, 0.6) is 5.75 Å². The number of aromatic nitrogens is 1. The number of hydrogen-bond donors (Lipinski definition) is 0. The van der Waals surface area contributed by atoms with Gasteiger partial charge in [-0.25, -0.2) is 0 Å². The van der Waals surface area contributed by atoms with Crippen LogP contribution in [0.4, 0.5) is 0 Å². The first-order chi connectivity index (χ1) is 13.2. The van der Waals surface area contributed by atoms with Gasteiger partial charge in [-0.05, 0) is 37.4 Å². The van der Waals surface area contributed by atoms with Gasteiger partial charge in [0.2, 0.25) is 5.43 Å². The van der Waals surface area contributed by atoms with Crippen molar-refractivity contribution in [3.63, 3.8) is 0 Å². The van der Waals surface area contributed by atoms with E-state index in [0.717, 1.165) is 63.1 Å². The third kappa shape index (κ3) is 3.01. The predicted molar refractivity (Wildman–Crippen MR) is 115 cm³/mol. The highest BCUT2D eigenvalue weighted by molar-refractivity contribution is 7.25. The summed E-state index contributed by atoms with van der Waals surface area (Å²) in [7, 11) is 1.65. The Morgan fingerprint density at radius 1 is 1.07 bits per heavy atom. The van der Waals surface area contributed by atoms with Gasteiger partial charge in [-0.2, -0.15) is 0 Å². The molecule has 0 unspecified atom stereocenters. The summed E-state index contributed by atoms with van der Waals surface area (Å²) in [5.41, 5.74) is 2.07. The zero-order valence-electron chi connectivity index (χ0n) is 16.0. The third-order valence-corrected chi connectivity index (χ3v) is 6.49. The van der Waals surface area contributed by atoms with Crippen molar-refractivity contribution >= 4 is 42.5 Å². The van der Waals surface area contributed by atoms with E-state index >= 15 is 0 Å². The molecule has 2 heterocycles. The molecule has 0 atom stereocenters. The number of rotatable bonds is 6. The minimum absolute atomic E-state index is 0.108. The Bertz CT molecular complexity index is 1170. The number of methoxy groups -OCH3 is 1. The Morgan fingerprint density at radius 3 is 2.59 bits per heavy atom. The highest BCUT2D eigenvalue weighted by Crippen LogP contribution is 2.34. The Hall–Kier alpha value is -2.37. The monoisotopic (exact) mass is 380 g/mol. The van der Waals surface area contributed by atoms with Crippen molar-refractivity contribution in [2.24, 2.45) is 0 Å². The summed E-state index contributed by atoms with van der Waals surface area (Å²) in [6, 6.07) is 14.0. The quantitative estimate of drug-likeness (QED) is 0.485. The van der Waals surface area contributed by atoms with Gasteiger partial charge < -0.3 is 14.2 Å². The number of fused-ring (bicyclic) bond motifs is 4. The molecule has 4 rings (SSSR count).